The van der Waals surface area contributed by atoms with Gasteiger partial charge >= 0.3 is 5.97 Å². The third-order valence-electron chi connectivity index (χ3n) is 3.43. The van der Waals surface area contributed by atoms with E-state index in [1.165, 1.54) is 6.92 Å². The number of hydrogen-bond donors (Lipinski definition) is 2. The van der Waals surface area contributed by atoms with Crippen LogP contribution in [0.15, 0.2) is 30.3 Å². The Morgan fingerprint density at radius 3 is 2.57 bits per heavy atom. The number of β-lactam (4-membered cyclic amide) rings is 1. The van der Waals surface area contributed by atoms with Gasteiger partial charge in [-0.1, -0.05) is 18.2 Å². The maximum atomic E-state index is 11.9. The first-order valence-electron chi connectivity index (χ1n) is 6.81. The average Bonchev–Trinajstić information content (AvgIpc) is 2.37. The molecule has 1 fully saturated rings. The van der Waals surface area contributed by atoms with Gasteiger partial charge in [0.15, 0.2) is 0 Å². The van der Waals surface area contributed by atoms with Gasteiger partial charge in [0.1, 0.15) is 11.7 Å². The van der Waals surface area contributed by atoms with Crippen LogP contribution in [0.25, 0.3) is 0 Å². The number of ether oxygens (including phenoxy) is 2. The van der Waals surface area contributed by atoms with Crippen LogP contribution >= 0.6 is 0 Å². The van der Waals surface area contributed by atoms with Gasteiger partial charge in [-0.2, -0.15) is 0 Å². The summed E-state index contributed by atoms with van der Waals surface area (Å²) < 4.78 is 11.1. The Hall–Kier alpha value is -2.08. The lowest BCUT2D eigenvalue weighted by Crippen LogP contribution is -2.68. The van der Waals surface area contributed by atoms with Crippen molar-refractivity contribution in [2.45, 2.75) is 32.1 Å². The number of amides is 1. The van der Waals surface area contributed by atoms with Gasteiger partial charge in [-0.25, -0.2) is 0 Å². The first-order chi connectivity index (χ1) is 9.96. The largest absolute Gasteiger partial charge is 0.452 e. The molecule has 1 amide bonds. The minimum absolute atomic E-state index is 0.0665. The molecular weight excluding hydrogens is 274 g/mol. The number of hydrogen-bond acceptors (Lipinski definition) is 5. The van der Waals surface area contributed by atoms with Crippen molar-refractivity contribution < 1.29 is 24.2 Å². The zero-order valence-electron chi connectivity index (χ0n) is 12.0. The lowest BCUT2D eigenvalue weighted by molar-refractivity contribution is -0.221. The number of carbonyl (C=O) groups is 2. The molecule has 6 nitrogen and oxygen atoms in total. The van der Waals surface area contributed by atoms with Crippen molar-refractivity contribution in [3.05, 3.63) is 30.3 Å². The molecule has 1 aliphatic rings. The Morgan fingerprint density at radius 2 is 2.05 bits per heavy atom. The minimum atomic E-state index is -1.41. The summed E-state index contributed by atoms with van der Waals surface area (Å²) in [5, 5.41) is 11.7. The van der Waals surface area contributed by atoms with Gasteiger partial charge < -0.3 is 19.9 Å². The fourth-order valence-electron chi connectivity index (χ4n) is 2.58. The van der Waals surface area contributed by atoms with Crippen LogP contribution in [0, 0.1) is 5.92 Å². The summed E-state index contributed by atoms with van der Waals surface area (Å²) in [4.78, 5) is 23.3. The van der Waals surface area contributed by atoms with Crippen molar-refractivity contribution in [1.82, 2.24) is 5.32 Å². The van der Waals surface area contributed by atoms with Crippen LogP contribution in [0.1, 0.15) is 20.3 Å². The summed E-state index contributed by atoms with van der Waals surface area (Å²) in [6.07, 6.45) is 0.380. The van der Waals surface area contributed by atoms with Crippen molar-refractivity contribution in [2.75, 3.05) is 6.61 Å². The smallest absolute Gasteiger partial charge is 0.305 e. The predicted molar refractivity (Wildman–Crippen MR) is 74.4 cm³/mol. The number of rotatable bonds is 6. The first kappa shape index (κ1) is 15.3. The molecule has 0 spiro atoms. The van der Waals surface area contributed by atoms with E-state index in [9.17, 15) is 9.59 Å². The van der Waals surface area contributed by atoms with Gasteiger partial charge in [-0.05, 0) is 18.6 Å². The average molecular weight is 293 g/mol. The fourth-order valence-corrected chi connectivity index (χ4v) is 2.58. The summed E-state index contributed by atoms with van der Waals surface area (Å²) in [6, 6.07) is 8.57. The van der Waals surface area contributed by atoms with E-state index in [-0.39, 0.29) is 18.6 Å². The number of benzene rings is 1. The van der Waals surface area contributed by atoms with E-state index in [4.69, 9.17) is 14.6 Å². The molecule has 1 aliphatic heterocycles. The van der Waals surface area contributed by atoms with Crippen LogP contribution in [-0.2, 0) is 14.3 Å². The Morgan fingerprint density at radius 1 is 1.38 bits per heavy atom. The molecule has 114 valence electrons. The third kappa shape index (κ3) is 3.33. The molecular formula is C15H19NO5. The molecule has 1 heterocycles. The summed E-state index contributed by atoms with van der Waals surface area (Å²) >= 11 is 0. The molecule has 0 aliphatic carbocycles. The lowest BCUT2D eigenvalue weighted by atomic mass is 9.81. The molecule has 3 unspecified atom stereocenters. The van der Waals surface area contributed by atoms with E-state index in [2.05, 4.69) is 5.32 Å². The Bertz CT molecular complexity index is 518. The summed E-state index contributed by atoms with van der Waals surface area (Å²) in [7, 11) is 0. The molecule has 0 radical (unpaired) electrons. The van der Waals surface area contributed by atoms with Crippen LogP contribution in [0.5, 0.6) is 5.75 Å². The SMILES string of the molecule is CC(=O)OC(C)(Oc1ccccc1)C1C(=O)NC1CCO. The van der Waals surface area contributed by atoms with Crippen LogP contribution in [0.4, 0.5) is 0 Å². The molecule has 1 aromatic rings. The number of esters is 1. The van der Waals surface area contributed by atoms with E-state index in [0.29, 0.717) is 12.2 Å². The van der Waals surface area contributed by atoms with E-state index in [1.54, 1.807) is 31.2 Å². The number of aliphatic hydroxyl groups excluding tert-OH is 1. The van der Waals surface area contributed by atoms with Crippen molar-refractivity contribution >= 4 is 11.9 Å². The molecule has 1 aromatic carbocycles. The van der Waals surface area contributed by atoms with Crippen molar-refractivity contribution in [3.8, 4) is 5.75 Å². The molecule has 0 bridgehead atoms. The quantitative estimate of drug-likeness (QED) is 0.461. The lowest BCUT2D eigenvalue weighted by Gasteiger charge is -2.45. The van der Waals surface area contributed by atoms with Gasteiger partial charge in [0, 0.05) is 20.5 Å². The van der Waals surface area contributed by atoms with Gasteiger partial charge in [-0.3, -0.25) is 9.59 Å². The Balaban J connectivity index is 2.23. The van der Waals surface area contributed by atoms with E-state index in [1.807, 2.05) is 6.07 Å². The molecule has 0 aromatic heterocycles. The Labute approximate surface area is 123 Å². The highest BCUT2D eigenvalue weighted by molar-refractivity contribution is 5.87. The van der Waals surface area contributed by atoms with Crippen molar-refractivity contribution in [1.29, 1.82) is 0 Å². The molecule has 1 saturated heterocycles. The van der Waals surface area contributed by atoms with E-state index in [0.717, 1.165) is 0 Å². The highest BCUT2D eigenvalue weighted by Gasteiger charge is 2.55. The number of aliphatic hydroxyl groups is 1. The standard InChI is InChI=1S/C15H19NO5/c1-10(18)20-15(2,21-11-6-4-3-5-7-11)13-12(8-9-17)16-14(13)19/h3-7,12-13,17H,8-9H2,1-2H3,(H,16,19). The Kier molecular flexibility index (Phi) is 4.47. The molecule has 0 saturated carbocycles. The summed E-state index contributed by atoms with van der Waals surface area (Å²) in [6.45, 7) is 2.77. The van der Waals surface area contributed by atoms with Crippen LogP contribution in [0.2, 0.25) is 0 Å². The van der Waals surface area contributed by atoms with Crippen LogP contribution in [0.3, 0.4) is 0 Å². The minimum Gasteiger partial charge on any atom is -0.452 e. The predicted octanol–water partition coefficient (Wildman–Crippen LogP) is 0.842. The highest BCUT2D eigenvalue weighted by Crippen LogP contribution is 2.35. The number of para-hydroxylation sites is 1. The highest BCUT2D eigenvalue weighted by atomic mass is 16.7. The zero-order chi connectivity index (χ0) is 15.5. The summed E-state index contributed by atoms with van der Waals surface area (Å²) in [5.74, 6) is -2.35. The molecule has 6 heteroatoms. The van der Waals surface area contributed by atoms with Crippen molar-refractivity contribution in [3.63, 3.8) is 0 Å². The van der Waals surface area contributed by atoms with Gasteiger partial charge in [-0.15, -0.1) is 0 Å². The van der Waals surface area contributed by atoms with Crippen molar-refractivity contribution in [2.24, 2.45) is 5.92 Å². The van der Waals surface area contributed by atoms with E-state index < -0.39 is 17.7 Å². The van der Waals surface area contributed by atoms with Gasteiger partial charge in [0.05, 0.1) is 6.04 Å². The van der Waals surface area contributed by atoms with Crippen LogP contribution in [-0.4, -0.2) is 35.4 Å². The monoisotopic (exact) mass is 293 g/mol. The fraction of sp³-hybridized carbons (Fsp3) is 0.467. The maximum Gasteiger partial charge on any atom is 0.305 e. The second-order valence-corrected chi connectivity index (χ2v) is 5.13. The number of nitrogens with one attached hydrogen (secondary N) is 1. The number of carbonyl (C=O) groups excluding carboxylic acids is 2. The normalized spacial score (nSPS) is 23.5. The second kappa shape index (κ2) is 6.13. The summed E-state index contributed by atoms with van der Waals surface area (Å²) in [5.41, 5.74) is 0. The molecule has 3 atom stereocenters. The van der Waals surface area contributed by atoms with E-state index >= 15 is 0 Å². The van der Waals surface area contributed by atoms with Crippen LogP contribution < -0.4 is 10.1 Å². The topological polar surface area (TPSA) is 84.9 Å². The van der Waals surface area contributed by atoms with Gasteiger partial charge in [0.25, 0.3) is 5.79 Å². The zero-order valence-corrected chi connectivity index (χ0v) is 12.0. The first-order valence-corrected chi connectivity index (χ1v) is 6.81. The van der Waals surface area contributed by atoms with Gasteiger partial charge in [0.2, 0.25) is 5.91 Å². The molecule has 2 rings (SSSR count). The third-order valence-corrected chi connectivity index (χ3v) is 3.43. The molecule has 2 N–H and O–H groups in total. The second-order valence-electron chi connectivity index (χ2n) is 5.13. The molecule has 21 heavy (non-hydrogen) atoms. The maximum absolute atomic E-state index is 11.9.